The number of carbonyl (C=O) groups is 2. The van der Waals surface area contributed by atoms with E-state index in [4.69, 9.17) is 21.1 Å². The van der Waals surface area contributed by atoms with Crippen molar-refractivity contribution in [3.63, 3.8) is 0 Å². The van der Waals surface area contributed by atoms with E-state index >= 15 is 0 Å². The summed E-state index contributed by atoms with van der Waals surface area (Å²) in [5.74, 6) is -1.78. The molecule has 1 saturated heterocycles. The molecule has 0 amide bonds. The van der Waals surface area contributed by atoms with E-state index in [1.807, 2.05) is 6.92 Å². The van der Waals surface area contributed by atoms with Gasteiger partial charge in [0.05, 0.1) is 6.10 Å². The Hall–Kier alpha value is -1.18. The van der Waals surface area contributed by atoms with E-state index in [2.05, 4.69) is 5.32 Å². The zero-order valence-corrected chi connectivity index (χ0v) is 10.5. The molecule has 7 nitrogen and oxygen atoms in total. The van der Waals surface area contributed by atoms with Crippen molar-refractivity contribution in [1.29, 1.82) is 0 Å². The number of carboxylic acids is 2. The summed E-state index contributed by atoms with van der Waals surface area (Å²) in [5, 5.41) is 28.1. The van der Waals surface area contributed by atoms with Crippen molar-refractivity contribution in [1.82, 2.24) is 5.32 Å². The van der Waals surface area contributed by atoms with Crippen LogP contribution in [0, 0.1) is 0 Å². The molecule has 1 rings (SSSR count). The molecule has 0 aliphatic carbocycles. The Kier molecular flexibility index (Phi) is 8.27. The minimum atomic E-state index is -0.900. The van der Waals surface area contributed by atoms with Crippen LogP contribution in [-0.2, 0) is 9.59 Å². The molecule has 3 atom stereocenters. The molecule has 0 spiro atoms. The lowest BCUT2D eigenvalue weighted by Gasteiger charge is -2.02. The molecule has 1 aliphatic rings. The number of β-amino-alcohol motifs (C(OH)–C–C–N with tert-alkyl or cyclic N) is 1. The number of nitrogens with two attached hydrogens (primary N) is 1. The molecule has 106 valence electrons. The summed E-state index contributed by atoms with van der Waals surface area (Å²) in [6, 6.07) is -1.20. The molecular formula is C11H22N2O5. The maximum atomic E-state index is 10.2. The van der Waals surface area contributed by atoms with Crippen molar-refractivity contribution in [2.75, 3.05) is 6.54 Å². The summed E-state index contributed by atoms with van der Waals surface area (Å²) in [6.45, 7) is 2.41. The highest BCUT2D eigenvalue weighted by Gasteiger charge is 2.27. The molecule has 0 aromatic carbocycles. The van der Waals surface area contributed by atoms with Gasteiger partial charge in [-0.3, -0.25) is 9.59 Å². The van der Waals surface area contributed by atoms with Crippen LogP contribution in [0.15, 0.2) is 0 Å². The fraction of sp³-hybridized carbons (Fsp3) is 0.818. The molecule has 0 radical (unpaired) electrons. The number of hydrogen-bond acceptors (Lipinski definition) is 5. The first kappa shape index (κ1) is 16.8. The number of hydrogen-bond donors (Lipinski definition) is 5. The summed E-state index contributed by atoms with van der Waals surface area (Å²) >= 11 is 0. The lowest BCUT2D eigenvalue weighted by Crippen LogP contribution is -2.29. The van der Waals surface area contributed by atoms with Gasteiger partial charge in [-0.1, -0.05) is 19.8 Å². The Labute approximate surface area is 106 Å². The monoisotopic (exact) mass is 262 g/mol. The summed E-state index contributed by atoms with van der Waals surface area (Å²) < 4.78 is 0. The molecule has 6 N–H and O–H groups in total. The highest BCUT2D eigenvalue weighted by atomic mass is 16.4. The third kappa shape index (κ3) is 7.21. The van der Waals surface area contributed by atoms with Gasteiger partial charge in [-0.15, -0.1) is 0 Å². The lowest BCUT2D eigenvalue weighted by atomic mass is 10.1. The Morgan fingerprint density at radius 2 is 2.06 bits per heavy atom. The summed E-state index contributed by atoms with van der Waals surface area (Å²) in [7, 11) is 0. The zero-order valence-electron chi connectivity index (χ0n) is 10.5. The van der Waals surface area contributed by atoms with Gasteiger partial charge >= 0.3 is 11.9 Å². The van der Waals surface area contributed by atoms with Gasteiger partial charge in [-0.05, 0) is 6.42 Å². The van der Waals surface area contributed by atoms with Crippen LogP contribution in [0.25, 0.3) is 0 Å². The maximum absolute atomic E-state index is 10.2. The Morgan fingerprint density at radius 3 is 2.33 bits per heavy atom. The van der Waals surface area contributed by atoms with Crippen molar-refractivity contribution in [3.05, 3.63) is 0 Å². The predicted molar refractivity (Wildman–Crippen MR) is 65.2 cm³/mol. The Bertz CT molecular complexity index is 272. The lowest BCUT2D eigenvalue weighted by molar-refractivity contribution is -0.139. The molecule has 18 heavy (non-hydrogen) atoms. The third-order valence-electron chi connectivity index (χ3n) is 2.59. The molecular weight excluding hydrogens is 240 g/mol. The topological polar surface area (TPSA) is 133 Å². The van der Waals surface area contributed by atoms with Crippen molar-refractivity contribution >= 4 is 11.9 Å². The van der Waals surface area contributed by atoms with E-state index in [1.165, 1.54) is 0 Å². The average Bonchev–Trinajstić information content (AvgIpc) is 2.73. The van der Waals surface area contributed by atoms with E-state index in [9.17, 15) is 9.59 Å². The standard InChI is InChI=1S/C6H13NO2.C5H9NO3/c1-2-3-4-5(7)6(8)9;7-3-1-4(5(8)9)6-2-3/h5H,2-4,7H2,1H3,(H,8,9);3-4,6-7H,1-2H2,(H,8,9)/t;3-,4+/m.1/s1. The van der Waals surface area contributed by atoms with Crippen molar-refractivity contribution < 1.29 is 24.9 Å². The fourth-order valence-corrected chi connectivity index (χ4v) is 1.45. The van der Waals surface area contributed by atoms with Crippen LogP contribution in [0.2, 0.25) is 0 Å². The second-order valence-corrected chi connectivity index (χ2v) is 4.28. The van der Waals surface area contributed by atoms with Gasteiger partial charge in [0.2, 0.25) is 0 Å². The van der Waals surface area contributed by atoms with Crippen molar-refractivity contribution in [3.8, 4) is 0 Å². The fourth-order valence-electron chi connectivity index (χ4n) is 1.45. The normalized spacial score (nSPS) is 23.9. The zero-order chi connectivity index (χ0) is 14.1. The molecule has 1 aliphatic heterocycles. The van der Waals surface area contributed by atoms with E-state index in [0.29, 0.717) is 19.4 Å². The molecule has 1 unspecified atom stereocenters. The minimum Gasteiger partial charge on any atom is -0.480 e. The molecule has 0 aromatic rings. The highest BCUT2D eigenvalue weighted by Crippen LogP contribution is 2.05. The van der Waals surface area contributed by atoms with Crippen LogP contribution in [0.4, 0.5) is 0 Å². The van der Waals surface area contributed by atoms with Crippen LogP contribution < -0.4 is 11.1 Å². The second-order valence-electron chi connectivity index (χ2n) is 4.28. The quantitative estimate of drug-likeness (QED) is 0.446. The number of nitrogens with one attached hydrogen (secondary N) is 1. The summed E-state index contributed by atoms with van der Waals surface area (Å²) in [4.78, 5) is 20.3. The first-order valence-electron chi connectivity index (χ1n) is 6.01. The second kappa shape index (κ2) is 8.84. The van der Waals surface area contributed by atoms with Gasteiger partial charge in [0.25, 0.3) is 0 Å². The molecule has 1 heterocycles. The van der Waals surface area contributed by atoms with Crippen LogP contribution in [0.5, 0.6) is 0 Å². The van der Waals surface area contributed by atoms with Gasteiger partial charge in [-0.25, -0.2) is 0 Å². The number of aliphatic carboxylic acids is 2. The van der Waals surface area contributed by atoms with Crippen LogP contribution >= 0.6 is 0 Å². The number of aliphatic hydroxyl groups is 1. The van der Waals surface area contributed by atoms with E-state index < -0.39 is 30.1 Å². The number of rotatable bonds is 5. The van der Waals surface area contributed by atoms with Gasteiger partial charge in [0, 0.05) is 13.0 Å². The predicted octanol–water partition coefficient (Wildman–Crippen LogP) is -0.618. The van der Waals surface area contributed by atoms with Crippen molar-refractivity contribution in [2.24, 2.45) is 5.73 Å². The first-order chi connectivity index (χ1) is 8.38. The SMILES string of the molecule is CCCCC(N)C(=O)O.O=C(O)[C@@H]1C[C@@H](O)CN1. The smallest absolute Gasteiger partial charge is 0.320 e. The minimum absolute atomic E-state index is 0.329. The Morgan fingerprint density at radius 1 is 1.44 bits per heavy atom. The number of unbranched alkanes of at least 4 members (excludes halogenated alkanes) is 1. The largest absolute Gasteiger partial charge is 0.480 e. The molecule has 0 aromatic heterocycles. The summed E-state index contributed by atoms with van der Waals surface area (Å²) in [5.41, 5.74) is 5.20. The molecule has 0 bridgehead atoms. The average molecular weight is 262 g/mol. The molecule has 7 heteroatoms. The Balaban J connectivity index is 0.000000321. The third-order valence-corrected chi connectivity index (χ3v) is 2.59. The van der Waals surface area contributed by atoms with E-state index in [1.54, 1.807) is 0 Å². The van der Waals surface area contributed by atoms with Crippen molar-refractivity contribution in [2.45, 2.75) is 50.8 Å². The molecule has 1 fully saturated rings. The van der Waals surface area contributed by atoms with Crippen LogP contribution in [0.3, 0.4) is 0 Å². The number of carboxylic acid groups (broad SMARTS) is 2. The highest BCUT2D eigenvalue weighted by molar-refractivity contribution is 5.74. The van der Waals surface area contributed by atoms with Gasteiger partial charge in [0.15, 0.2) is 0 Å². The van der Waals surface area contributed by atoms with Gasteiger partial charge < -0.3 is 26.4 Å². The van der Waals surface area contributed by atoms with Crippen LogP contribution in [-0.4, -0.2) is 52.0 Å². The van der Waals surface area contributed by atoms with Gasteiger partial charge in [-0.2, -0.15) is 0 Å². The van der Waals surface area contributed by atoms with Gasteiger partial charge in [0.1, 0.15) is 12.1 Å². The van der Waals surface area contributed by atoms with Crippen LogP contribution in [0.1, 0.15) is 32.6 Å². The number of aliphatic hydroxyl groups excluding tert-OH is 1. The summed E-state index contributed by atoms with van der Waals surface area (Å²) in [6.07, 6.45) is 2.33. The maximum Gasteiger partial charge on any atom is 0.320 e. The molecule has 0 saturated carbocycles. The van der Waals surface area contributed by atoms with E-state index in [-0.39, 0.29) is 0 Å². The first-order valence-corrected chi connectivity index (χ1v) is 6.01. The van der Waals surface area contributed by atoms with E-state index in [0.717, 1.165) is 12.8 Å².